The summed E-state index contributed by atoms with van der Waals surface area (Å²) in [6.45, 7) is 14.7. The minimum absolute atomic E-state index is 0.399. The maximum absolute atomic E-state index is 5.56. The molecule has 1 N–H and O–H groups in total. The van der Waals surface area contributed by atoms with E-state index in [9.17, 15) is 0 Å². The third-order valence-corrected chi connectivity index (χ3v) is 2.70. The van der Waals surface area contributed by atoms with Crippen LogP contribution in [0.4, 0.5) is 0 Å². The van der Waals surface area contributed by atoms with Gasteiger partial charge in [-0.3, -0.25) is 0 Å². The molecule has 0 aliphatic carbocycles. The Morgan fingerprint density at radius 2 is 2.05 bits per heavy atom. The van der Waals surface area contributed by atoms with Crippen molar-refractivity contribution in [2.75, 3.05) is 13.2 Å². The molecule has 0 unspecified atom stereocenters. The van der Waals surface area contributed by atoms with Gasteiger partial charge in [0, 0.05) is 18.3 Å². The van der Waals surface area contributed by atoms with Crippen LogP contribution in [0.15, 0.2) is 24.8 Å². The smallest absolute Gasteiger partial charge is 0.214 e. The van der Waals surface area contributed by atoms with Gasteiger partial charge in [-0.1, -0.05) is 40.3 Å². The summed E-state index contributed by atoms with van der Waals surface area (Å²) in [5.74, 6) is 1.74. The first kappa shape index (κ1) is 15.7. The minimum Gasteiger partial charge on any atom is -0.473 e. The van der Waals surface area contributed by atoms with Crippen molar-refractivity contribution in [3.63, 3.8) is 0 Å². The van der Waals surface area contributed by atoms with Crippen LogP contribution in [0.1, 0.15) is 44.9 Å². The number of rotatable bonds is 8. The SMILES string of the molecule is C=CCOc1cc(CNCC(C)C)cc(C(C)C)n1. The molecule has 0 bridgehead atoms. The van der Waals surface area contributed by atoms with Gasteiger partial charge in [-0.25, -0.2) is 4.98 Å². The normalized spacial score (nSPS) is 11.1. The van der Waals surface area contributed by atoms with Gasteiger partial charge in [-0.15, -0.1) is 0 Å². The molecular formula is C16H26N2O. The summed E-state index contributed by atoms with van der Waals surface area (Å²) in [5.41, 5.74) is 2.29. The van der Waals surface area contributed by atoms with Crippen molar-refractivity contribution in [3.8, 4) is 5.88 Å². The Morgan fingerprint density at radius 1 is 1.32 bits per heavy atom. The minimum atomic E-state index is 0.399. The first-order chi connectivity index (χ1) is 9.02. The van der Waals surface area contributed by atoms with Crippen LogP contribution < -0.4 is 10.1 Å². The van der Waals surface area contributed by atoms with E-state index < -0.39 is 0 Å². The topological polar surface area (TPSA) is 34.1 Å². The lowest BCUT2D eigenvalue weighted by atomic mass is 10.1. The molecule has 1 aromatic heterocycles. The van der Waals surface area contributed by atoms with E-state index >= 15 is 0 Å². The van der Waals surface area contributed by atoms with E-state index in [0.717, 1.165) is 18.8 Å². The van der Waals surface area contributed by atoms with Crippen LogP contribution in [0, 0.1) is 5.92 Å². The molecule has 106 valence electrons. The standard InChI is InChI=1S/C16H26N2O/c1-6-7-19-16-9-14(11-17-10-12(2)3)8-15(18-16)13(4)5/h6,8-9,12-13,17H,1,7,10-11H2,2-5H3. The molecule has 0 aliphatic rings. The molecule has 0 spiro atoms. The summed E-state index contributed by atoms with van der Waals surface area (Å²) < 4.78 is 5.56. The Morgan fingerprint density at radius 3 is 2.63 bits per heavy atom. The van der Waals surface area contributed by atoms with Crippen molar-refractivity contribution in [2.24, 2.45) is 5.92 Å². The Kier molecular flexibility index (Phi) is 6.57. The van der Waals surface area contributed by atoms with E-state index in [1.165, 1.54) is 5.56 Å². The number of aromatic nitrogens is 1. The maximum Gasteiger partial charge on any atom is 0.214 e. The highest BCUT2D eigenvalue weighted by atomic mass is 16.5. The monoisotopic (exact) mass is 262 g/mol. The fourth-order valence-electron chi connectivity index (χ4n) is 1.70. The Labute approximate surface area is 117 Å². The van der Waals surface area contributed by atoms with Gasteiger partial charge in [-0.2, -0.15) is 0 Å². The highest BCUT2D eigenvalue weighted by Crippen LogP contribution is 2.19. The van der Waals surface area contributed by atoms with Gasteiger partial charge in [-0.05, 0) is 30.0 Å². The lowest BCUT2D eigenvalue weighted by molar-refractivity contribution is 0.346. The second kappa shape index (κ2) is 7.95. The number of nitrogens with one attached hydrogen (secondary N) is 1. The Balaban J connectivity index is 2.77. The molecule has 3 nitrogen and oxygen atoms in total. The number of hydrogen-bond acceptors (Lipinski definition) is 3. The van der Waals surface area contributed by atoms with Crippen molar-refractivity contribution in [2.45, 2.75) is 40.2 Å². The van der Waals surface area contributed by atoms with Crippen molar-refractivity contribution in [1.29, 1.82) is 0 Å². The zero-order valence-electron chi connectivity index (χ0n) is 12.6. The largest absolute Gasteiger partial charge is 0.473 e. The van der Waals surface area contributed by atoms with E-state index in [2.05, 4.69) is 50.6 Å². The second-order valence-electron chi connectivity index (χ2n) is 5.52. The average molecular weight is 262 g/mol. The van der Waals surface area contributed by atoms with Gasteiger partial charge in [0.05, 0.1) is 0 Å². The lowest BCUT2D eigenvalue weighted by Crippen LogP contribution is -2.19. The van der Waals surface area contributed by atoms with Gasteiger partial charge in [0.15, 0.2) is 0 Å². The van der Waals surface area contributed by atoms with Gasteiger partial charge < -0.3 is 10.1 Å². The third kappa shape index (κ3) is 5.88. The molecule has 19 heavy (non-hydrogen) atoms. The molecule has 0 saturated heterocycles. The molecule has 1 rings (SSSR count). The van der Waals surface area contributed by atoms with Gasteiger partial charge in [0.2, 0.25) is 5.88 Å². The van der Waals surface area contributed by atoms with Gasteiger partial charge in [0.1, 0.15) is 6.61 Å². The van der Waals surface area contributed by atoms with E-state index in [0.29, 0.717) is 24.3 Å². The fourth-order valence-corrected chi connectivity index (χ4v) is 1.70. The van der Waals surface area contributed by atoms with Crippen LogP contribution in [0.25, 0.3) is 0 Å². The predicted octanol–water partition coefficient (Wildman–Crippen LogP) is 3.52. The number of hydrogen-bond donors (Lipinski definition) is 1. The summed E-state index contributed by atoms with van der Waals surface area (Å²) in [6.07, 6.45) is 1.74. The molecule has 0 aromatic carbocycles. The average Bonchev–Trinajstić information content (AvgIpc) is 2.35. The molecular weight excluding hydrogens is 236 g/mol. The summed E-state index contributed by atoms with van der Waals surface area (Å²) in [6, 6.07) is 4.15. The van der Waals surface area contributed by atoms with E-state index in [1.807, 2.05) is 6.07 Å². The van der Waals surface area contributed by atoms with Crippen LogP contribution in [0.2, 0.25) is 0 Å². The zero-order chi connectivity index (χ0) is 14.3. The van der Waals surface area contributed by atoms with Crippen LogP contribution in [0.5, 0.6) is 5.88 Å². The third-order valence-electron chi connectivity index (χ3n) is 2.70. The maximum atomic E-state index is 5.56. The molecule has 0 radical (unpaired) electrons. The second-order valence-corrected chi connectivity index (χ2v) is 5.52. The van der Waals surface area contributed by atoms with Crippen molar-refractivity contribution in [1.82, 2.24) is 10.3 Å². The molecule has 0 amide bonds. The predicted molar refractivity (Wildman–Crippen MR) is 80.6 cm³/mol. The first-order valence-electron chi connectivity index (χ1n) is 6.98. The van der Waals surface area contributed by atoms with E-state index in [4.69, 9.17) is 4.74 Å². The zero-order valence-corrected chi connectivity index (χ0v) is 12.6. The fraction of sp³-hybridized carbons (Fsp3) is 0.562. The summed E-state index contributed by atoms with van der Waals surface area (Å²) in [7, 11) is 0. The highest BCUT2D eigenvalue weighted by molar-refractivity contribution is 5.26. The Hall–Kier alpha value is -1.35. The van der Waals surface area contributed by atoms with Crippen LogP contribution in [-0.4, -0.2) is 18.1 Å². The van der Waals surface area contributed by atoms with Crippen molar-refractivity contribution in [3.05, 3.63) is 36.0 Å². The van der Waals surface area contributed by atoms with Gasteiger partial charge >= 0.3 is 0 Å². The van der Waals surface area contributed by atoms with Crippen molar-refractivity contribution >= 4 is 0 Å². The first-order valence-corrected chi connectivity index (χ1v) is 6.98. The summed E-state index contributed by atoms with van der Waals surface area (Å²) >= 11 is 0. The number of nitrogens with zero attached hydrogens (tertiary/aromatic N) is 1. The van der Waals surface area contributed by atoms with Crippen LogP contribution in [0.3, 0.4) is 0 Å². The highest BCUT2D eigenvalue weighted by Gasteiger charge is 2.07. The molecule has 0 atom stereocenters. The summed E-state index contributed by atoms with van der Waals surface area (Å²) in [5, 5.41) is 3.45. The number of pyridine rings is 1. The van der Waals surface area contributed by atoms with Gasteiger partial charge in [0.25, 0.3) is 0 Å². The molecule has 1 aromatic rings. The molecule has 0 saturated carbocycles. The quantitative estimate of drug-likeness (QED) is 0.728. The lowest BCUT2D eigenvalue weighted by Gasteiger charge is -2.12. The van der Waals surface area contributed by atoms with E-state index in [1.54, 1.807) is 6.08 Å². The molecule has 1 heterocycles. The molecule has 3 heteroatoms. The van der Waals surface area contributed by atoms with Crippen LogP contribution in [-0.2, 0) is 6.54 Å². The van der Waals surface area contributed by atoms with Crippen LogP contribution >= 0.6 is 0 Å². The summed E-state index contributed by atoms with van der Waals surface area (Å²) in [4.78, 5) is 4.52. The molecule has 0 fully saturated rings. The van der Waals surface area contributed by atoms with E-state index in [-0.39, 0.29) is 0 Å². The molecule has 0 aliphatic heterocycles. The number of ether oxygens (including phenoxy) is 1. The van der Waals surface area contributed by atoms with Crippen molar-refractivity contribution < 1.29 is 4.74 Å². The Bertz CT molecular complexity index is 400.